The maximum absolute atomic E-state index is 12.2. The summed E-state index contributed by atoms with van der Waals surface area (Å²) in [5.74, 6) is 0. The Balaban J connectivity index is 2.17. The second kappa shape index (κ2) is 6.06. The van der Waals surface area contributed by atoms with E-state index in [1.54, 1.807) is 0 Å². The summed E-state index contributed by atoms with van der Waals surface area (Å²) < 4.78 is 31.7. The number of nitro benzene ring substituents is 1. The van der Waals surface area contributed by atoms with Crippen LogP contribution < -0.4 is 4.72 Å². The van der Waals surface area contributed by atoms with Crippen LogP contribution in [-0.4, -0.2) is 43.8 Å². The van der Waals surface area contributed by atoms with E-state index in [2.05, 4.69) is 4.72 Å². The molecule has 2 rings (SSSR count). The third kappa shape index (κ3) is 3.76. The zero-order valence-corrected chi connectivity index (χ0v) is 12.0. The minimum absolute atomic E-state index is 0.204. The number of hydrogen-bond acceptors (Lipinski definition) is 6. The molecule has 116 valence electrons. The van der Waals surface area contributed by atoms with Gasteiger partial charge in [0.15, 0.2) is 4.90 Å². The Labute approximate surface area is 121 Å². The standard InChI is InChI=1S/C12H16N2O6S/c15-12(5-7-20-8-6-12)9-13-21(18,19)11-4-2-1-3-10(11)14(16)17/h1-4,13,15H,5-9H2. The van der Waals surface area contributed by atoms with Gasteiger partial charge in [-0.05, 0) is 6.07 Å². The Morgan fingerprint density at radius 1 is 1.33 bits per heavy atom. The van der Waals surface area contributed by atoms with E-state index >= 15 is 0 Å². The molecule has 2 N–H and O–H groups in total. The zero-order chi connectivity index (χ0) is 15.5. The van der Waals surface area contributed by atoms with Gasteiger partial charge < -0.3 is 9.84 Å². The number of para-hydroxylation sites is 1. The maximum Gasteiger partial charge on any atom is 0.289 e. The molecule has 0 aliphatic carbocycles. The normalized spacial score (nSPS) is 18.3. The molecule has 1 saturated heterocycles. The van der Waals surface area contributed by atoms with E-state index in [9.17, 15) is 23.6 Å². The third-order valence-electron chi connectivity index (χ3n) is 3.37. The Kier molecular flexibility index (Phi) is 4.57. The molecule has 0 aromatic heterocycles. The lowest BCUT2D eigenvalue weighted by Crippen LogP contribution is -2.46. The Hall–Kier alpha value is -1.55. The van der Waals surface area contributed by atoms with Crippen molar-refractivity contribution in [2.24, 2.45) is 0 Å². The fourth-order valence-corrected chi connectivity index (χ4v) is 3.36. The summed E-state index contributed by atoms with van der Waals surface area (Å²) in [5, 5.41) is 21.1. The maximum atomic E-state index is 12.2. The molecule has 1 aliphatic rings. The zero-order valence-electron chi connectivity index (χ0n) is 11.2. The number of sulfonamides is 1. The highest BCUT2D eigenvalue weighted by Gasteiger charge is 2.33. The van der Waals surface area contributed by atoms with Crippen molar-refractivity contribution in [2.45, 2.75) is 23.3 Å². The quantitative estimate of drug-likeness (QED) is 0.600. The van der Waals surface area contributed by atoms with Gasteiger partial charge >= 0.3 is 0 Å². The van der Waals surface area contributed by atoms with Crippen LogP contribution in [0, 0.1) is 10.1 Å². The fraction of sp³-hybridized carbons (Fsp3) is 0.500. The molecule has 1 aromatic rings. The molecule has 0 atom stereocenters. The molecule has 9 heteroatoms. The van der Waals surface area contributed by atoms with Crippen molar-refractivity contribution in [3.05, 3.63) is 34.4 Å². The van der Waals surface area contributed by atoms with Crippen molar-refractivity contribution in [2.75, 3.05) is 19.8 Å². The van der Waals surface area contributed by atoms with Gasteiger partial charge in [0.1, 0.15) is 0 Å². The molecular weight excluding hydrogens is 300 g/mol. The predicted octanol–water partition coefficient (Wildman–Crippen LogP) is 0.415. The van der Waals surface area contributed by atoms with Crippen LogP contribution >= 0.6 is 0 Å². The first-order chi connectivity index (χ1) is 9.84. The largest absolute Gasteiger partial charge is 0.388 e. The summed E-state index contributed by atoms with van der Waals surface area (Å²) in [5.41, 5.74) is -1.68. The number of rotatable bonds is 5. The molecule has 0 saturated carbocycles. The lowest BCUT2D eigenvalue weighted by atomic mass is 9.95. The number of nitro groups is 1. The van der Waals surface area contributed by atoms with E-state index in [-0.39, 0.29) is 6.54 Å². The minimum Gasteiger partial charge on any atom is -0.388 e. The highest BCUT2D eigenvalue weighted by atomic mass is 32.2. The van der Waals surface area contributed by atoms with E-state index in [0.717, 1.165) is 12.1 Å². The Bertz CT molecular complexity index is 624. The van der Waals surface area contributed by atoms with Crippen LogP contribution in [0.5, 0.6) is 0 Å². The van der Waals surface area contributed by atoms with E-state index in [1.165, 1.54) is 12.1 Å². The Morgan fingerprint density at radius 2 is 1.95 bits per heavy atom. The lowest BCUT2D eigenvalue weighted by molar-refractivity contribution is -0.387. The molecule has 0 bridgehead atoms. The van der Waals surface area contributed by atoms with Crippen molar-refractivity contribution >= 4 is 15.7 Å². The Morgan fingerprint density at radius 3 is 2.57 bits per heavy atom. The molecule has 21 heavy (non-hydrogen) atoms. The van der Waals surface area contributed by atoms with Gasteiger partial charge in [-0.15, -0.1) is 0 Å². The first-order valence-corrected chi connectivity index (χ1v) is 7.86. The van der Waals surface area contributed by atoms with E-state index in [4.69, 9.17) is 4.74 Å². The molecule has 8 nitrogen and oxygen atoms in total. The summed E-state index contributed by atoms with van der Waals surface area (Å²) >= 11 is 0. The molecule has 1 heterocycles. The summed E-state index contributed by atoms with van der Waals surface area (Å²) in [7, 11) is -4.07. The van der Waals surface area contributed by atoms with Gasteiger partial charge in [0.25, 0.3) is 5.69 Å². The lowest BCUT2D eigenvalue weighted by Gasteiger charge is -2.31. The van der Waals surface area contributed by atoms with Crippen molar-refractivity contribution in [1.82, 2.24) is 4.72 Å². The van der Waals surface area contributed by atoms with Gasteiger partial charge in [-0.1, -0.05) is 12.1 Å². The van der Waals surface area contributed by atoms with Crippen molar-refractivity contribution < 1.29 is 23.2 Å². The first-order valence-electron chi connectivity index (χ1n) is 6.37. The number of hydrogen-bond donors (Lipinski definition) is 2. The number of benzene rings is 1. The highest BCUT2D eigenvalue weighted by Crippen LogP contribution is 2.24. The molecule has 0 radical (unpaired) electrons. The molecule has 1 aliphatic heterocycles. The third-order valence-corrected chi connectivity index (χ3v) is 4.81. The summed E-state index contributed by atoms with van der Waals surface area (Å²) in [4.78, 5) is 9.72. The van der Waals surface area contributed by atoms with Gasteiger partial charge in [-0.2, -0.15) is 0 Å². The smallest absolute Gasteiger partial charge is 0.289 e. The van der Waals surface area contributed by atoms with E-state index in [1.807, 2.05) is 0 Å². The average molecular weight is 316 g/mol. The molecule has 0 spiro atoms. The van der Waals surface area contributed by atoms with Gasteiger partial charge in [0.2, 0.25) is 10.0 Å². The van der Waals surface area contributed by atoms with Gasteiger partial charge in [0, 0.05) is 38.7 Å². The van der Waals surface area contributed by atoms with Crippen LogP contribution in [0.1, 0.15) is 12.8 Å². The molecule has 1 fully saturated rings. The second-order valence-corrected chi connectivity index (χ2v) is 6.62. The minimum atomic E-state index is -4.07. The number of nitrogens with one attached hydrogen (secondary N) is 1. The van der Waals surface area contributed by atoms with Crippen molar-refractivity contribution in [3.8, 4) is 0 Å². The summed E-state index contributed by atoms with van der Waals surface area (Å²) in [6.07, 6.45) is 0.624. The summed E-state index contributed by atoms with van der Waals surface area (Å²) in [6, 6.07) is 5.08. The number of nitrogens with zero attached hydrogens (tertiary/aromatic N) is 1. The molecule has 1 aromatic carbocycles. The SMILES string of the molecule is O=[N+]([O-])c1ccccc1S(=O)(=O)NCC1(O)CCOCC1. The number of ether oxygens (including phenoxy) is 1. The van der Waals surface area contributed by atoms with Crippen LogP contribution in [-0.2, 0) is 14.8 Å². The predicted molar refractivity (Wildman–Crippen MR) is 73.3 cm³/mol. The highest BCUT2D eigenvalue weighted by molar-refractivity contribution is 7.89. The second-order valence-electron chi connectivity index (χ2n) is 4.89. The van der Waals surface area contributed by atoms with Gasteiger partial charge in [0.05, 0.1) is 10.5 Å². The van der Waals surface area contributed by atoms with Crippen molar-refractivity contribution in [1.29, 1.82) is 0 Å². The van der Waals surface area contributed by atoms with Crippen LogP contribution in [0.15, 0.2) is 29.2 Å². The van der Waals surface area contributed by atoms with Crippen LogP contribution in [0.25, 0.3) is 0 Å². The van der Waals surface area contributed by atoms with Crippen LogP contribution in [0.3, 0.4) is 0 Å². The molecular formula is C12H16N2O6S. The summed E-state index contributed by atoms with van der Waals surface area (Å²) in [6.45, 7) is 0.498. The van der Waals surface area contributed by atoms with Crippen molar-refractivity contribution in [3.63, 3.8) is 0 Å². The number of aliphatic hydroxyl groups is 1. The van der Waals surface area contributed by atoms with Crippen LogP contribution in [0.2, 0.25) is 0 Å². The van der Waals surface area contributed by atoms with Gasteiger partial charge in [-0.25, -0.2) is 13.1 Å². The average Bonchev–Trinajstić information content (AvgIpc) is 2.46. The van der Waals surface area contributed by atoms with E-state index < -0.39 is 31.1 Å². The molecule has 0 amide bonds. The fourth-order valence-electron chi connectivity index (χ4n) is 2.07. The van der Waals surface area contributed by atoms with E-state index in [0.29, 0.717) is 26.1 Å². The van der Waals surface area contributed by atoms with Crippen LogP contribution in [0.4, 0.5) is 5.69 Å². The first kappa shape index (κ1) is 15.8. The monoisotopic (exact) mass is 316 g/mol. The molecule has 0 unspecified atom stereocenters. The van der Waals surface area contributed by atoms with Gasteiger partial charge in [-0.3, -0.25) is 10.1 Å². The topological polar surface area (TPSA) is 119 Å².